The summed E-state index contributed by atoms with van der Waals surface area (Å²) in [5.74, 6) is -5.97. The molecule has 0 saturated heterocycles. The van der Waals surface area contributed by atoms with Crippen molar-refractivity contribution in [2.24, 2.45) is 28.6 Å². The lowest BCUT2D eigenvalue weighted by Crippen LogP contribution is -2.70. The number of hydrogen-bond acceptors (Lipinski definition) is 8. The van der Waals surface area contributed by atoms with Gasteiger partial charge in [0.1, 0.15) is 6.17 Å². The van der Waals surface area contributed by atoms with Gasteiger partial charge in [-0.25, -0.2) is 13.6 Å². The zero-order valence-electron chi connectivity index (χ0n) is 21.7. The minimum absolute atomic E-state index is 0.0222. The largest absolute Gasteiger partial charge is 0.481 e. The van der Waals surface area contributed by atoms with Crippen molar-refractivity contribution in [1.82, 2.24) is 0 Å². The normalized spacial score (nSPS) is 42.7. The molecule has 0 amide bonds. The first kappa shape index (κ1) is 27.8. The maximum absolute atomic E-state index is 17.4. The van der Waals surface area contributed by atoms with Crippen LogP contribution in [0.15, 0.2) is 46.6 Å². The van der Waals surface area contributed by atoms with Crippen LogP contribution in [0.25, 0.3) is 0 Å². The molecule has 1 aromatic heterocycles. The summed E-state index contributed by atoms with van der Waals surface area (Å²) in [7, 11) is 0. The topological polar surface area (TPSA) is 131 Å². The first-order valence-electron chi connectivity index (χ1n) is 12.8. The molecule has 0 spiro atoms. The van der Waals surface area contributed by atoms with Crippen molar-refractivity contribution in [3.8, 4) is 0 Å². The number of esters is 1. The van der Waals surface area contributed by atoms with Gasteiger partial charge in [-0.1, -0.05) is 31.7 Å². The highest BCUT2D eigenvalue weighted by molar-refractivity contribution is 8.14. The number of ether oxygens (including phenoxy) is 1. The standard InChI is InChI=1S/C28H30F2O8S/c1-14-9-16-17-11-19(29)18-10-15(31)6-7-25(18,2)27(17,30)21(32)12-26(16,3)28(14,24(36)39-13-22(33)34)38-23(35)20-5-4-8-37-20/h4-8,10,14,16-17,19,21,32H,9,11-13H2,1-3H3,(H,33,34)/t14-,16+,17+,19+,21+,25+,26+,27+,28+/m1/s1. The molecular weight excluding hydrogens is 534 g/mol. The second-order valence-corrected chi connectivity index (χ2v) is 12.5. The molecule has 0 aromatic carbocycles. The van der Waals surface area contributed by atoms with E-state index in [4.69, 9.17) is 9.15 Å². The molecule has 9 atom stereocenters. The second kappa shape index (κ2) is 9.12. The van der Waals surface area contributed by atoms with Crippen LogP contribution in [0.3, 0.4) is 0 Å². The Morgan fingerprint density at radius 2 is 1.95 bits per heavy atom. The van der Waals surface area contributed by atoms with Gasteiger partial charge in [-0.15, -0.1) is 0 Å². The zero-order chi connectivity index (χ0) is 28.5. The Labute approximate surface area is 227 Å². The van der Waals surface area contributed by atoms with E-state index in [9.17, 15) is 29.4 Å². The number of aliphatic hydroxyl groups is 1. The summed E-state index contributed by atoms with van der Waals surface area (Å²) in [6, 6.07) is 2.82. The molecule has 2 N–H and O–H groups in total. The number of allylic oxidation sites excluding steroid dienone is 4. The Bertz CT molecular complexity index is 1290. The molecule has 3 fully saturated rings. The third kappa shape index (κ3) is 3.65. The molecule has 0 bridgehead atoms. The van der Waals surface area contributed by atoms with Gasteiger partial charge in [-0.2, -0.15) is 0 Å². The van der Waals surface area contributed by atoms with Gasteiger partial charge in [0.2, 0.25) is 10.9 Å². The summed E-state index contributed by atoms with van der Waals surface area (Å²) in [5.41, 5.74) is -7.33. The number of rotatable bonds is 5. The summed E-state index contributed by atoms with van der Waals surface area (Å²) in [5, 5.41) is 20.1. The van der Waals surface area contributed by atoms with Crippen molar-refractivity contribution in [1.29, 1.82) is 0 Å². The Kier molecular flexibility index (Phi) is 6.49. The number of aliphatic hydroxyl groups excluding tert-OH is 1. The SMILES string of the molecule is C[C@@H]1C[C@H]2[C@@H]3C[C@H](F)C4=CC(=O)C=C[C@]4(C)[C@@]3(F)[C@@H](O)C[C@]2(C)[C@@]1(OC(=O)c1ccco1)C(=O)SCC(=O)O. The van der Waals surface area contributed by atoms with Gasteiger partial charge in [0.15, 0.2) is 17.1 Å². The zero-order valence-corrected chi connectivity index (χ0v) is 22.5. The van der Waals surface area contributed by atoms with Crippen LogP contribution < -0.4 is 0 Å². The summed E-state index contributed by atoms with van der Waals surface area (Å²) in [4.78, 5) is 50.4. The monoisotopic (exact) mass is 564 g/mol. The van der Waals surface area contributed by atoms with Gasteiger partial charge in [0, 0.05) is 22.7 Å². The third-order valence-electron chi connectivity index (χ3n) is 9.77. The number of aliphatic carboxylic acids is 1. The van der Waals surface area contributed by atoms with E-state index in [-0.39, 0.29) is 30.6 Å². The van der Waals surface area contributed by atoms with Crippen LogP contribution in [0.1, 0.15) is 50.6 Å². The maximum atomic E-state index is 17.4. The Morgan fingerprint density at radius 3 is 2.59 bits per heavy atom. The molecule has 4 aliphatic carbocycles. The van der Waals surface area contributed by atoms with Crippen LogP contribution in [0.2, 0.25) is 0 Å². The average Bonchev–Trinajstić information content (AvgIpc) is 3.48. The average molecular weight is 565 g/mol. The molecule has 0 aliphatic heterocycles. The molecule has 0 unspecified atom stereocenters. The van der Waals surface area contributed by atoms with Crippen LogP contribution in [0.4, 0.5) is 8.78 Å². The molecule has 11 heteroatoms. The van der Waals surface area contributed by atoms with Gasteiger partial charge in [-0.3, -0.25) is 14.4 Å². The lowest BCUT2D eigenvalue weighted by molar-refractivity contribution is -0.221. The maximum Gasteiger partial charge on any atom is 0.375 e. The predicted molar refractivity (Wildman–Crippen MR) is 135 cm³/mol. The van der Waals surface area contributed by atoms with Crippen molar-refractivity contribution >= 4 is 34.6 Å². The predicted octanol–water partition coefficient (Wildman–Crippen LogP) is 4.08. The lowest BCUT2D eigenvalue weighted by atomic mass is 9.44. The van der Waals surface area contributed by atoms with E-state index in [1.165, 1.54) is 37.5 Å². The number of carbonyl (C=O) groups is 4. The van der Waals surface area contributed by atoms with Gasteiger partial charge in [0.05, 0.1) is 18.1 Å². The molecule has 210 valence electrons. The highest BCUT2D eigenvalue weighted by Gasteiger charge is 2.78. The van der Waals surface area contributed by atoms with E-state index >= 15 is 8.78 Å². The van der Waals surface area contributed by atoms with E-state index in [2.05, 4.69) is 0 Å². The number of thioether (sulfide) groups is 1. The van der Waals surface area contributed by atoms with E-state index in [1.807, 2.05) is 0 Å². The van der Waals surface area contributed by atoms with Gasteiger partial charge in [-0.05, 0) is 62.0 Å². The van der Waals surface area contributed by atoms with E-state index in [1.54, 1.807) is 13.8 Å². The Morgan fingerprint density at radius 1 is 1.23 bits per heavy atom. The minimum atomic E-state index is -2.37. The molecule has 4 aliphatic rings. The fourth-order valence-corrected chi connectivity index (χ4v) is 8.99. The first-order valence-corrected chi connectivity index (χ1v) is 13.8. The summed E-state index contributed by atoms with van der Waals surface area (Å²) < 4.78 is 44.3. The number of fused-ring (bicyclic) bond motifs is 5. The highest BCUT2D eigenvalue weighted by atomic mass is 32.2. The van der Waals surface area contributed by atoms with E-state index in [0.717, 1.165) is 6.08 Å². The molecule has 1 aromatic rings. The number of carboxylic acid groups (broad SMARTS) is 1. The smallest absolute Gasteiger partial charge is 0.375 e. The van der Waals surface area contributed by atoms with Crippen molar-refractivity contribution < 1.29 is 47.3 Å². The lowest BCUT2D eigenvalue weighted by Gasteiger charge is -2.63. The summed E-state index contributed by atoms with van der Waals surface area (Å²) in [6.07, 6.45) is 0.990. The summed E-state index contributed by atoms with van der Waals surface area (Å²) >= 11 is 0.472. The molecule has 1 heterocycles. The van der Waals surface area contributed by atoms with Crippen LogP contribution in [0.5, 0.6) is 0 Å². The molecule has 8 nitrogen and oxygen atoms in total. The number of carbonyl (C=O) groups excluding carboxylic acids is 3. The molecule has 5 rings (SSSR count). The molecule has 3 saturated carbocycles. The van der Waals surface area contributed by atoms with Crippen LogP contribution in [-0.2, 0) is 19.1 Å². The quantitative estimate of drug-likeness (QED) is 0.508. The van der Waals surface area contributed by atoms with E-state index in [0.29, 0.717) is 11.8 Å². The van der Waals surface area contributed by atoms with Crippen LogP contribution in [-0.4, -0.2) is 62.3 Å². The van der Waals surface area contributed by atoms with Gasteiger partial charge in [0.25, 0.3) is 0 Å². The number of furan rings is 1. The Hall–Kier alpha value is -2.79. The number of hydrogen-bond donors (Lipinski definition) is 2. The first-order chi connectivity index (χ1) is 18.2. The Balaban J connectivity index is 1.63. The van der Waals surface area contributed by atoms with Gasteiger partial charge < -0.3 is 19.4 Å². The number of alkyl halides is 2. The van der Waals surface area contributed by atoms with Crippen molar-refractivity contribution in [3.05, 3.63) is 48.0 Å². The van der Waals surface area contributed by atoms with Crippen LogP contribution in [0, 0.1) is 28.6 Å². The van der Waals surface area contributed by atoms with Crippen molar-refractivity contribution in [2.75, 3.05) is 5.75 Å². The fraction of sp³-hybridized carbons (Fsp3) is 0.571. The third-order valence-corrected chi connectivity index (χ3v) is 10.7. The molecular formula is C28H30F2O8S. The molecule has 0 radical (unpaired) electrons. The highest BCUT2D eigenvalue weighted by Crippen LogP contribution is 2.72. The van der Waals surface area contributed by atoms with E-state index < -0.39 is 80.7 Å². The van der Waals surface area contributed by atoms with Crippen molar-refractivity contribution in [2.45, 2.75) is 63.6 Å². The van der Waals surface area contributed by atoms with Gasteiger partial charge >= 0.3 is 11.9 Å². The van der Waals surface area contributed by atoms with Crippen molar-refractivity contribution in [3.63, 3.8) is 0 Å². The second-order valence-electron chi connectivity index (χ2n) is 11.6. The number of carboxylic acids is 1. The minimum Gasteiger partial charge on any atom is -0.481 e. The molecule has 39 heavy (non-hydrogen) atoms. The number of halogens is 2. The summed E-state index contributed by atoms with van der Waals surface area (Å²) in [6.45, 7) is 4.76. The van der Waals surface area contributed by atoms with Crippen LogP contribution >= 0.6 is 11.8 Å². The fourth-order valence-electron chi connectivity index (χ4n) is 8.04. The number of ketones is 1.